The number of halogens is 2. The lowest BCUT2D eigenvalue weighted by Gasteiger charge is -2.22. The number of ether oxygens (including phenoxy) is 2. The van der Waals surface area contributed by atoms with E-state index in [1.807, 2.05) is 0 Å². The smallest absolute Gasteiger partial charge is 0.289 e. The lowest BCUT2D eigenvalue weighted by Crippen LogP contribution is -2.25. The second-order valence-corrected chi connectivity index (χ2v) is 8.36. The molecule has 0 fully saturated rings. The molecule has 11 nitrogen and oxygen atoms in total. The zero-order chi connectivity index (χ0) is 25.0. The first-order chi connectivity index (χ1) is 17.4. The van der Waals surface area contributed by atoms with E-state index in [9.17, 15) is 14.0 Å². The van der Waals surface area contributed by atoms with Crippen LogP contribution in [0.2, 0.25) is 0 Å². The SMILES string of the molecule is COc1ccc2c(Oc3cnc4nc(Nc5cc6n(n5)CCCC6(F)F)n(C)c4c3C#N)cnn2c1. The summed E-state index contributed by atoms with van der Waals surface area (Å²) in [5, 5.41) is 21.5. The molecule has 1 aliphatic heterocycles. The number of nitrogens with zero attached hydrogens (tertiary/aromatic N) is 8. The van der Waals surface area contributed by atoms with E-state index in [0.717, 1.165) is 0 Å². The number of aryl methyl sites for hydroxylation is 2. The summed E-state index contributed by atoms with van der Waals surface area (Å²) in [7, 11) is 3.26. The quantitative estimate of drug-likeness (QED) is 0.390. The average Bonchev–Trinajstić information content (AvgIpc) is 3.55. The summed E-state index contributed by atoms with van der Waals surface area (Å²) in [6, 6.07) is 7.06. The van der Waals surface area contributed by atoms with E-state index in [2.05, 4.69) is 31.6 Å². The molecule has 0 saturated carbocycles. The van der Waals surface area contributed by atoms with Crippen LogP contribution in [0.3, 0.4) is 0 Å². The van der Waals surface area contributed by atoms with Gasteiger partial charge in [0.2, 0.25) is 5.95 Å². The molecule has 5 aromatic heterocycles. The summed E-state index contributed by atoms with van der Waals surface area (Å²) in [4.78, 5) is 8.78. The van der Waals surface area contributed by atoms with Gasteiger partial charge in [0.15, 0.2) is 23.0 Å². The predicted molar refractivity (Wildman–Crippen MR) is 124 cm³/mol. The van der Waals surface area contributed by atoms with Gasteiger partial charge >= 0.3 is 0 Å². The van der Waals surface area contributed by atoms with Gasteiger partial charge in [-0.25, -0.2) is 9.50 Å². The Morgan fingerprint density at radius 3 is 2.86 bits per heavy atom. The van der Waals surface area contributed by atoms with Crippen molar-refractivity contribution in [3.63, 3.8) is 0 Å². The van der Waals surface area contributed by atoms with E-state index < -0.39 is 5.92 Å². The maximum absolute atomic E-state index is 14.2. The third-order valence-electron chi connectivity index (χ3n) is 6.14. The van der Waals surface area contributed by atoms with Gasteiger partial charge in [0.1, 0.15) is 34.1 Å². The van der Waals surface area contributed by atoms with Crippen LogP contribution in [0.25, 0.3) is 16.7 Å². The summed E-state index contributed by atoms with van der Waals surface area (Å²) < 4.78 is 44.3. The number of imidazole rings is 1. The van der Waals surface area contributed by atoms with Crippen molar-refractivity contribution < 1.29 is 18.3 Å². The van der Waals surface area contributed by atoms with Crippen molar-refractivity contribution in [1.29, 1.82) is 5.26 Å². The molecule has 5 aromatic rings. The van der Waals surface area contributed by atoms with Crippen LogP contribution in [0, 0.1) is 11.3 Å². The van der Waals surface area contributed by atoms with Gasteiger partial charge in [-0.15, -0.1) is 0 Å². The normalized spacial score (nSPS) is 14.5. The number of methoxy groups -OCH3 is 1. The molecule has 0 spiro atoms. The fourth-order valence-corrected chi connectivity index (χ4v) is 4.35. The fourth-order valence-electron chi connectivity index (χ4n) is 4.35. The number of nitriles is 1. The zero-order valence-electron chi connectivity index (χ0n) is 19.2. The predicted octanol–water partition coefficient (Wildman–Crippen LogP) is 4.11. The maximum Gasteiger partial charge on any atom is 0.289 e. The van der Waals surface area contributed by atoms with Gasteiger partial charge in [0, 0.05) is 26.1 Å². The van der Waals surface area contributed by atoms with Crippen molar-refractivity contribution in [1.82, 2.24) is 33.9 Å². The average molecular weight is 491 g/mol. The van der Waals surface area contributed by atoms with E-state index in [0.29, 0.717) is 47.1 Å². The van der Waals surface area contributed by atoms with Crippen LogP contribution in [0.4, 0.5) is 20.5 Å². The minimum Gasteiger partial charge on any atom is -0.495 e. The standard InChI is InChI=1S/C23H19F2N9O2/c1-32-20-14(9-26)16(36-17-11-28-34-12-13(35-2)4-5-15(17)34)10-27-21(20)30-22(32)29-19-8-18-23(24,25)6-3-7-33(18)31-19/h4-5,8,10-12H,3,6-7H2,1-2H3,(H,27,29,30,31). The fraction of sp³-hybridized carbons (Fsp3) is 0.261. The highest BCUT2D eigenvalue weighted by Crippen LogP contribution is 2.38. The second kappa shape index (κ2) is 7.91. The summed E-state index contributed by atoms with van der Waals surface area (Å²) in [6.45, 7) is 0.423. The molecule has 0 aromatic carbocycles. The monoisotopic (exact) mass is 491 g/mol. The first-order valence-electron chi connectivity index (χ1n) is 11.1. The van der Waals surface area contributed by atoms with Crippen LogP contribution in [-0.2, 0) is 19.5 Å². The van der Waals surface area contributed by atoms with E-state index in [1.165, 1.54) is 23.1 Å². The summed E-state index contributed by atoms with van der Waals surface area (Å²) in [5.74, 6) is -1.10. The Morgan fingerprint density at radius 1 is 1.22 bits per heavy atom. The van der Waals surface area contributed by atoms with Gasteiger partial charge in [-0.05, 0) is 18.6 Å². The Bertz CT molecular complexity index is 1680. The molecule has 0 bridgehead atoms. The zero-order valence-corrected chi connectivity index (χ0v) is 19.2. The van der Waals surface area contributed by atoms with E-state index >= 15 is 0 Å². The summed E-state index contributed by atoms with van der Waals surface area (Å²) in [6.07, 6.45) is 4.81. The number of rotatable bonds is 5. The van der Waals surface area contributed by atoms with Crippen molar-refractivity contribution in [2.24, 2.45) is 7.05 Å². The number of alkyl halides is 2. The molecule has 0 unspecified atom stereocenters. The Morgan fingerprint density at radius 2 is 2.08 bits per heavy atom. The summed E-state index contributed by atoms with van der Waals surface area (Å²) in [5.41, 5.74) is 1.47. The van der Waals surface area contributed by atoms with E-state index in [1.54, 1.807) is 41.6 Å². The topological polar surface area (TPSA) is 120 Å². The van der Waals surface area contributed by atoms with Crippen LogP contribution in [0.1, 0.15) is 24.1 Å². The van der Waals surface area contributed by atoms with Crippen LogP contribution in [0.5, 0.6) is 17.2 Å². The highest BCUT2D eigenvalue weighted by atomic mass is 19.3. The lowest BCUT2D eigenvalue weighted by molar-refractivity contribution is -0.0364. The largest absolute Gasteiger partial charge is 0.495 e. The maximum atomic E-state index is 14.2. The van der Waals surface area contributed by atoms with Gasteiger partial charge < -0.3 is 19.4 Å². The number of hydrogen-bond donors (Lipinski definition) is 1. The molecule has 0 aliphatic carbocycles. The van der Waals surface area contributed by atoms with Crippen molar-refractivity contribution in [3.8, 4) is 23.3 Å². The highest BCUT2D eigenvalue weighted by Gasteiger charge is 2.38. The molecule has 13 heteroatoms. The molecule has 0 amide bonds. The van der Waals surface area contributed by atoms with Gasteiger partial charge in [-0.2, -0.15) is 29.2 Å². The molecule has 0 radical (unpaired) electrons. The molecule has 1 aliphatic rings. The third kappa shape index (κ3) is 3.37. The van der Waals surface area contributed by atoms with Crippen molar-refractivity contribution in [3.05, 3.63) is 48.0 Å². The minimum absolute atomic E-state index is 0.132. The number of hydrogen-bond acceptors (Lipinski definition) is 8. The number of aromatic nitrogens is 7. The Labute approximate surface area is 202 Å². The number of nitrogens with one attached hydrogen (secondary N) is 1. The molecule has 0 saturated heterocycles. The number of fused-ring (bicyclic) bond motifs is 3. The molecule has 6 rings (SSSR count). The van der Waals surface area contributed by atoms with Gasteiger partial charge in [-0.3, -0.25) is 4.68 Å². The molecule has 36 heavy (non-hydrogen) atoms. The van der Waals surface area contributed by atoms with Gasteiger partial charge in [0.05, 0.1) is 25.7 Å². The van der Waals surface area contributed by atoms with Gasteiger partial charge in [-0.1, -0.05) is 0 Å². The highest BCUT2D eigenvalue weighted by molar-refractivity contribution is 5.84. The molecular weight excluding hydrogens is 472 g/mol. The second-order valence-electron chi connectivity index (χ2n) is 8.36. The van der Waals surface area contributed by atoms with E-state index in [4.69, 9.17) is 9.47 Å². The lowest BCUT2D eigenvalue weighted by atomic mass is 10.1. The van der Waals surface area contributed by atoms with Crippen molar-refractivity contribution >= 4 is 28.4 Å². The molecule has 0 atom stereocenters. The molecule has 182 valence electrons. The Kier molecular flexibility index (Phi) is 4.78. The van der Waals surface area contributed by atoms with Crippen molar-refractivity contribution in [2.45, 2.75) is 25.3 Å². The Balaban J connectivity index is 1.36. The molecular formula is C23H19F2N9O2. The minimum atomic E-state index is -2.93. The van der Waals surface area contributed by atoms with Crippen LogP contribution in [-0.4, -0.2) is 41.0 Å². The molecule has 1 N–H and O–H groups in total. The van der Waals surface area contributed by atoms with Crippen molar-refractivity contribution in [2.75, 3.05) is 12.4 Å². The van der Waals surface area contributed by atoms with Crippen LogP contribution in [0.15, 0.2) is 36.8 Å². The Hall–Kier alpha value is -4.73. The van der Waals surface area contributed by atoms with Crippen LogP contribution < -0.4 is 14.8 Å². The van der Waals surface area contributed by atoms with Crippen LogP contribution >= 0.6 is 0 Å². The summed E-state index contributed by atoms with van der Waals surface area (Å²) >= 11 is 0. The molecule has 6 heterocycles. The number of anilines is 2. The first-order valence-corrected chi connectivity index (χ1v) is 11.1. The third-order valence-corrected chi connectivity index (χ3v) is 6.14. The van der Waals surface area contributed by atoms with E-state index in [-0.39, 0.29) is 29.2 Å². The first kappa shape index (κ1) is 21.8. The van der Waals surface area contributed by atoms with Gasteiger partial charge in [0.25, 0.3) is 5.92 Å². The number of pyridine rings is 2.